The highest BCUT2D eigenvalue weighted by atomic mass is 79.9. The molecule has 0 saturated carbocycles. The number of rotatable bonds is 8. The number of halogens is 1. The highest BCUT2D eigenvalue weighted by Crippen LogP contribution is 2.47. The van der Waals surface area contributed by atoms with E-state index in [2.05, 4.69) is 31.2 Å². The normalized spacial score (nSPS) is 11.0. The standard InChI is InChI=1S/C22H21BrN4O2S/c23-17-18(29-13-9-24)20(22(28)27-10-6-14-4-2-1-3-5-14)30-19(17)15-7-11-25-21-16(15)8-12-26-21/h1-5,7-8,11-12H,6,9-10,13,24H2,(H,25,26)(H,27,28). The van der Waals surface area contributed by atoms with E-state index in [4.69, 9.17) is 10.5 Å². The Morgan fingerprint density at radius 3 is 2.87 bits per heavy atom. The van der Waals surface area contributed by atoms with Crippen LogP contribution >= 0.6 is 27.3 Å². The number of benzene rings is 1. The molecule has 154 valence electrons. The monoisotopic (exact) mass is 484 g/mol. The van der Waals surface area contributed by atoms with E-state index in [0.29, 0.717) is 30.3 Å². The van der Waals surface area contributed by atoms with Crippen LogP contribution < -0.4 is 15.8 Å². The number of amides is 1. The number of pyridine rings is 1. The molecule has 3 aromatic heterocycles. The average Bonchev–Trinajstić information content (AvgIpc) is 3.37. The van der Waals surface area contributed by atoms with Crippen molar-refractivity contribution in [3.8, 4) is 16.2 Å². The van der Waals surface area contributed by atoms with E-state index < -0.39 is 0 Å². The van der Waals surface area contributed by atoms with Gasteiger partial charge in [0.25, 0.3) is 5.91 Å². The average molecular weight is 485 g/mol. The van der Waals surface area contributed by atoms with Crippen molar-refractivity contribution in [3.63, 3.8) is 0 Å². The van der Waals surface area contributed by atoms with Crippen LogP contribution in [0.25, 0.3) is 21.5 Å². The molecular formula is C22H21BrN4O2S. The van der Waals surface area contributed by atoms with Crippen molar-refractivity contribution in [2.24, 2.45) is 5.73 Å². The molecule has 8 heteroatoms. The Bertz CT molecular complexity index is 1160. The number of aromatic nitrogens is 2. The summed E-state index contributed by atoms with van der Waals surface area (Å²) in [5, 5.41) is 4.00. The second-order valence-corrected chi connectivity index (χ2v) is 8.44. The van der Waals surface area contributed by atoms with Crippen molar-refractivity contribution in [3.05, 3.63) is 69.8 Å². The van der Waals surface area contributed by atoms with E-state index in [-0.39, 0.29) is 5.91 Å². The van der Waals surface area contributed by atoms with Crippen molar-refractivity contribution in [2.75, 3.05) is 19.7 Å². The molecule has 4 N–H and O–H groups in total. The largest absolute Gasteiger partial charge is 0.489 e. The smallest absolute Gasteiger partial charge is 0.265 e. The maximum Gasteiger partial charge on any atom is 0.265 e. The van der Waals surface area contributed by atoms with E-state index in [9.17, 15) is 4.79 Å². The van der Waals surface area contributed by atoms with Crippen LogP contribution in [0.4, 0.5) is 0 Å². The van der Waals surface area contributed by atoms with Gasteiger partial charge in [0.05, 0.1) is 9.35 Å². The third-order valence-electron chi connectivity index (χ3n) is 4.63. The molecule has 30 heavy (non-hydrogen) atoms. The van der Waals surface area contributed by atoms with Crippen molar-refractivity contribution < 1.29 is 9.53 Å². The molecule has 0 fully saturated rings. The topological polar surface area (TPSA) is 93.0 Å². The third kappa shape index (κ3) is 4.26. The lowest BCUT2D eigenvalue weighted by atomic mass is 10.1. The fourth-order valence-corrected chi connectivity index (χ4v) is 5.21. The fourth-order valence-electron chi connectivity index (χ4n) is 3.21. The first kappa shape index (κ1) is 20.6. The summed E-state index contributed by atoms with van der Waals surface area (Å²) < 4.78 is 6.61. The highest BCUT2D eigenvalue weighted by molar-refractivity contribution is 9.10. The molecule has 0 unspecified atom stereocenters. The van der Waals surface area contributed by atoms with E-state index in [1.807, 2.05) is 48.7 Å². The van der Waals surface area contributed by atoms with Gasteiger partial charge in [0.15, 0.2) is 5.75 Å². The number of thiophene rings is 1. The number of aromatic amines is 1. The number of H-pyrrole nitrogens is 1. The minimum absolute atomic E-state index is 0.158. The molecule has 0 aliphatic carbocycles. The first-order valence-electron chi connectivity index (χ1n) is 9.58. The molecule has 0 bridgehead atoms. The van der Waals surface area contributed by atoms with E-state index in [1.54, 1.807) is 6.20 Å². The van der Waals surface area contributed by atoms with Crippen LogP contribution in [0.1, 0.15) is 15.2 Å². The molecule has 0 saturated heterocycles. The minimum Gasteiger partial charge on any atom is -0.489 e. The van der Waals surface area contributed by atoms with E-state index >= 15 is 0 Å². The summed E-state index contributed by atoms with van der Waals surface area (Å²) in [6, 6.07) is 14.0. The number of nitrogens with zero attached hydrogens (tertiary/aromatic N) is 1. The van der Waals surface area contributed by atoms with Crippen LogP contribution in [0.5, 0.6) is 5.75 Å². The molecule has 1 amide bonds. The zero-order valence-corrected chi connectivity index (χ0v) is 18.6. The molecule has 4 rings (SSSR count). The second-order valence-electron chi connectivity index (χ2n) is 6.63. The first-order chi connectivity index (χ1) is 14.7. The van der Waals surface area contributed by atoms with Gasteiger partial charge in [-0.25, -0.2) is 4.98 Å². The molecule has 0 atom stereocenters. The van der Waals surface area contributed by atoms with Crippen LogP contribution in [-0.4, -0.2) is 35.6 Å². The van der Waals surface area contributed by atoms with Crippen molar-refractivity contribution in [2.45, 2.75) is 6.42 Å². The van der Waals surface area contributed by atoms with Gasteiger partial charge in [-0.15, -0.1) is 11.3 Å². The molecule has 1 aromatic carbocycles. The lowest BCUT2D eigenvalue weighted by molar-refractivity contribution is 0.0954. The number of ether oxygens (including phenoxy) is 1. The predicted octanol–water partition coefficient (Wildman–Crippen LogP) is 4.36. The number of hydrogen-bond donors (Lipinski definition) is 3. The van der Waals surface area contributed by atoms with Crippen molar-refractivity contribution >= 4 is 44.2 Å². The maximum absolute atomic E-state index is 13.0. The molecule has 0 spiro atoms. The Hall–Kier alpha value is -2.68. The van der Waals surface area contributed by atoms with Gasteiger partial charge in [-0.1, -0.05) is 30.3 Å². The van der Waals surface area contributed by atoms with Gasteiger partial charge in [0.2, 0.25) is 0 Å². The number of carbonyl (C=O) groups is 1. The van der Waals surface area contributed by atoms with Gasteiger partial charge in [-0.2, -0.15) is 0 Å². The Kier molecular flexibility index (Phi) is 6.47. The molecule has 4 aromatic rings. The lowest BCUT2D eigenvalue weighted by Gasteiger charge is -2.08. The summed E-state index contributed by atoms with van der Waals surface area (Å²) in [6.45, 7) is 1.24. The van der Waals surface area contributed by atoms with Crippen LogP contribution in [0, 0.1) is 0 Å². The molecule has 6 nitrogen and oxygen atoms in total. The van der Waals surface area contributed by atoms with Crippen LogP contribution in [-0.2, 0) is 6.42 Å². The Morgan fingerprint density at radius 1 is 1.23 bits per heavy atom. The van der Waals surface area contributed by atoms with Gasteiger partial charge in [0.1, 0.15) is 17.1 Å². The zero-order valence-electron chi connectivity index (χ0n) is 16.2. The molecule has 0 radical (unpaired) electrons. The van der Waals surface area contributed by atoms with Crippen LogP contribution in [0.3, 0.4) is 0 Å². The summed E-state index contributed by atoms with van der Waals surface area (Å²) in [5.41, 5.74) is 8.59. The molecular weight excluding hydrogens is 464 g/mol. The Labute approximate surface area is 186 Å². The van der Waals surface area contributed by atoms with Crippen LogP contribution in [0.15, 0.2) is 59.3 Å². The van der Waals surface area contributed by atoms with Crippen LogP contribution in [0.2, 0.25) is 0 Å². The lowest BCUT2D eigenvalue weighted by Crippen LogP contribution is -2.25. The predicted molar refractivity (Wildman–Crippen MR) is 124 cm³/mol. The van der Waals surface area contributed by atoms with Crippen molar-refractivity contribution in [1.82, 2.24) is 15.3 Å². The van der Waals surface area contributed by atoms with Gasteiger partial charge in [0, 0.05) is 36.4 Å². The van der Waals surface area contributed by atoms with Crippen molar-refractivity contribution in [1.29, 1.82) is 0 Å². The third-order valence-corrected chi connectivity index (χ3v) is 6.85. The molecule has 3 heterocycles. The summed E-state index contributed by atoms with van der Waals surface area (Å²) in [5.74, 6) is 0.368. The number of carbonyl (C=O) groups excluding carboxylic acids is 1. The summed E-state index contributed by atoms with van der Waals surface area (Å²) in [6.07, 6.45) is 4.37. The summed E-state index contributed by atoms with van der Waals surface area (Å²) >= 11 is 5.05. The van der Waals surface area contributed by atoms with Gasteiger partial charge in [-0.3, -0.25) is 4.79 Å². The van der Waals surface area contributed by atoms with E-state index in [0.717, 1.165) is 32.4 Å². The van der Waals surface area contributed by atoms with Gasteiger partial charge >= 0.3 is 0 Å². The molecule has 0 aliphatic heterocycles. The molecule has 0 aliphatic rings. The van der Waals surface area contributed by atoms with E-state index in [1.165, 1.54) is 16.9 Å². The number of hydrogen-bond acceptors (Lipinski definition) is 5. The number of fused-ring (bicyclic) bond motifs is 1. The zero-order chi connectivity index (χ0) is 20.9. The highest BCUT2D eigenvalue weighted by Gasteiger charge is 2.25. The quantitative estimate of drug-likeness (QED) is 0.346. The summed E-state index contributed by atoms with van der Waals surface area (Å²) in [4.78, 5) is 21.9. The van der Waals surface area contributed by atoms with Gasteiger partial charge in [-0.05, 0) is 40.0 Å². The SMILES string of the molecule is NCCOc1c(C(=O)NCCc2ccccc2)sc(-c2ccnc3[nH]ccc23)c1Br. The maximum atomic E-state index is 13.0. The number of nitrogens with two attached hydrogens (primary N) is 1. The van der Waals surface area contributed by atoms with Gasteiger partial charge < -0.3 is 20.8 Å². The Morgan fingerprint density at radius 2 is 2.07 bits per heavy atom. The first-order valence-corrected chi connectivity index (χ1v) is 11.2. The second kappa shape index (κ2) is 9.42. The minimum atomic E-state index is -0.158. The number of nitrogens with one attached hydrogen (secondary N) is 2. The Balaban J connectivity index is 1.62. The summed E-state index contributed by atoms with van der Waals surface area (Å²) in [7, 11) is 0. The fraction of sp³-hybridized carbons (Fsp3) is 0.182.